The van der Waals surface area contributed by atoms with E-state index in [9.17, 15) is 4.55 Å². The Balaban J connectivity index is 1.29. The standard InChI is InChI=1S/C24H27N7O2S/c1-17(2)33-23-14-20-21(15-27-23)28-29-24(20)19-5-8-26-22(13-19)30-9-11-31(12-10-30)34(32)16-18-3-6-25-7-4-18/h3-8,13-15,17H,9-12,16H2,1-2H3,(H,28,29). The number of H-pyrrole nitrogens is 1. The second-order valence-electron chi connectivity index (χ2n) is 8.45. The highest BCUT2D eigenvalue weighted by molar-refractivity contribution is 7.88. The molecule has 4 aromatic heterocycles. The van der Waals surface area contributed by atoms with Gasteiger partial charge in [-0.1, -0.05) is 0 Å². The van der Waals surface area contributed by atoms with E-state index in [1.54, 1.807) is 18.6 Å². The lowest BCUT2D eigenvalue weighted by Gasteiger charge is -2.35. The lowest BCUT2D eigenvalue weighted by Crippen LogP contribution is -2.49. The van der Waals surface area contributed by atoms with E-state index in [2.05, 4.69) is 36.1 Å². The van der Waals surface area contributed by atoms with Gasteiger partial charge < -0.3 is 14.2 Å². The van der Waals surface area contributed by atoms with Crippen LogP contribution in [-0.4, -0.2) is 66.3 Å². The van der Waals surface area contributed by atoms with Crippen LogP contribution in [0.3, 0.4) is 0 Å². The highest BCUT2D eigenvalue weighted by atomic mass is 32.2. The van der Waals surface area contributed by atoms with Crippen molar-refractivity contribution in [2.45, 2.75) is 25.7 Å². The summed E-state index contributed by atoms with van der Waals surface area (Å²) in [6.45, 7) is 6.91. The van der Waals surface area contributed by atoms with Crippen LogP contribution in [0.25, 0.3) is 22.2 Å². The molecule has 1 unspecified atom stereocenters. The number of hydrogen-bond acceptors (Lipinski definition) is 8. The van der Waals surface area contributed by atoms with E-state index in [1.807, 2.05) is 48.6 Å². The molecular formula is C24H27N7O2S. The zero-order chi connectivity index (χ0) is 23.5. The Morgan fingerprint density at radius 3 is 2.62 bits per heavy atom. The van der Waals surface area contributed by atoms with E-state index in [0.29, 0.717) is 11.6 Å². The molecule has 0 bridgehead atoms. The molecule has 10 heteroatoms. The Bertz CT molecular complexity index is 1240. The third-order valence-corrected chi connectivity index (χ3v) is 7.21. The Morgan fingerprint density at radius 2 is 1.85 bits per heavy atom. The van der Waals surface area contributed by atoms with Crippen LogP contribution in [0.4, 0.5) is 5.82 Å². The molecule has 1 saturated heterocycles. The fraction of sp³-hybridized carbons (Fsp3) is 0.333. The first kappa shape index (κ1) is 22.6. The molecule has 1 aliphatic rings. The van der Waals surface area contributed by atoms with Crippen LogP contribution in [0.2, 0.25) is 0 Å². The van der Waals surface area contributed by atoms with E-state index in [4.69, 9.17) is 4.74 Å². The summed E-state index contributed by atoms with van der Waals surface area (Å²) < 4.78 is 20.6. The normalized spacial score (nSPS) is 15.7. The van der Waals surface area contributed by atoms with Crippen molar-refractivity contribution < 1.29 is 9.29 Å². The number of aromatic amines is 1. The van der Waals surface area contributed by atoms with Gasteiger partial charge in [0.05, 0.1) is 30.9 Å². The van der Waals surface area contributed by atoms with Gasteiger partial charge in [-0.25, -0.2) is 9.97 Å². The number of pyridine rings is 3. The van der Waals surface area contributed by atoms with Crippen molar-refractivity contribution in [3.05, 3.63) is 60.7 Å². The van der Waals surface area contributed by atoms with Crippen molar-refractivity contribution in [1.29, 1.82) is 0 Å². The second kappa shape index (κ2) is 9.96. The molecular weight excluding hydrogens is 450 g/mol. The molecule has 0 aliphatic carbocycles. The van der Waals surface area contributed by atoms with Crippen LogP contribution in [0.5, 0.6) is 5.88 Å². The molecule has 1 aliphatic heterocycles. The number of ether oxygens (including phenoxy) is 1. The molecule has 9 nitrogen and oxygen atoms in total. The summed E-state index contributed by atoms with van der Waals surface area (Å²) in [5, 5.41) is 8.54. The first-order chi connectivity index (χ1) is 16.6. The maximum atomic E-state index is 12.8. The van der Waals surface area contributed by atoms with Crippen LogP contribution in [0.1, 0.15) is 19.4 Å². The SMILES string of the molecule is CC(C)Oc1cc2c(-c3ccnc(N4CCN([S+]([O-])Cc5ccncc5)CC4)c3)n[nH]c2cn1. The van der Waals surface area contributed by atoms with Gasteiger partial charge in [0.25, 0.3) is 0 Å². The number of rotatable bonds is 7. The summed E-state index contributed by atoms with van der Waals surface area (Å²) in [5.74, 6) is 1.98. The zero-order valence-electron chi connectivity index (χ0n) is 19.2. The van der Waals surface area contributed by atoms with Gasteiger partial charge in [0.2, 0.25) is 5.88 Å². The highest BCUT2D eigenvalue weighted by Gasteiger charge is 2.26. The predicted octanol–water partition coefficient (Wildman–Crippen LogP) is 3.19. The zero-order valence-corrected chi connectivity index (χ0v) is 20.0. The van der Waals surface area contributed by atoms with E-state index in [-0.39, 0.29) is 6.10 Å². The minimum absolute atomic E-state index is 0.0468. The molecule has 1 fully saturated rings. The van der Waals surface area contributed by atoms with Gasteiger partial charge in [-0.2, -0.15) is 5.10 Å². The molecule has 0 saturated carbocycles. The van der Waals surface area contributed by atoms with Crippen molar-refractivity contribution in [2.75, 3.05) is 31.1 Å². The number of hydrogen-bond donors (Lipinski definition) is 1. The van der Waals surface area contributed by atoms with Gasteiger partial charge in [0.15, 0.2) is 5.75 Å². The van der Waals surface area contributed by atoms with Gasteiger partial charge in [-0.15, -0.1) is 4.31 Å². The van der Waals surface area contributed by atoms with Crippen molar-refractivity contribution in [2.24, 2.45) is 0 Å². The molecule has 0 spiro atoms. The monoisotopic (exact) mass is 477 g/mol. The summed E-state index contributed by atoms with van der Waals surface area (Å²) in [4.78, 5) is 15.2. The van der Waals surface area contributed by atoms with E-state index >= 15 is 0 Å². The van der Waals surface area contributed by atoms with Crippen LogP contribution < -0.4 is 9.64 Å². The maximum absolute atomic E-state index is 12.8. The van der Waals surface area contributed by atoms with Crippen LogP contribution >= 0.6 is 0 Å². The van der Waals surface area contributed by atoms with Gasteiger partial charge in [-0.05, 0) is 38.1 Å². The largest absolute Gasteiger partial charge is 0.598 e. The van der Waals surface area contributed by atoms with E-state index in [0.717, 1.165) is 59.7 Å². The van der Waals surface area contributed by atoms with Gasteiger partial charge in [-0.3, -0.25) is 10.1 Å². The first-order valence-electron chi connectivity index (χ1n) is 11.3. The van der Waals surface area contributed by atoms with Gasteiger partial charge in [0, 0.05) is 65.6 Å². The number of fused-ring (bicyclic) bond motifs is 1. The lowest BCUT2D eigenvalue weighted by atomic mass is 10.1. The smallest absolute Gasteiger partial charge is 0.214 e. The van der Waals surface area contributed by atoms with Crippen molar-refractivity contribution >= 4 is 28.1 Å². The van der Waals surface area contributed by atoms with Crippen molar-refractivity contribution in [3.8, 4) is 17.1 Å². The van der Waals surface area contributed by atoms with Gasteiger partial charge >= 0.3 is 0 Å². The van der Waals surface area contributed by atoms with Crippen LogP contribution in [0.15, 0.2) is 55.1 Å². The number of aromatic nitrogens is 5. The molecule has 176 valence electrons. The number of nitrogens with one attached hydrogen (secondary N) is 1. The second-order valence-corrected chi connectivity index (χ2v) is 9.90. The Kier molecular flexibility index (Phi) is 6.61. The third kappa shape index (κ3) is 4.98. The molecule has 0 aromatic carbocycles. The average molecular weight is 478 g/mol. The molecule has 5 heterocycles. The fourth-order valence-electron chi connectivity index (χ4n) is 4.00. The molecule has 34 heavy (non-hydrogen) atoms. The Hall–Kier alpha value is -3.21. The number of nitrogens with zero attached hydrogens (tertiary/aromatic N) is 6. The molecule has 0 amide bonds. The lowest BCUT2D eigenvalue weighted by molar-refractivity contribution is 0.233. The van der Waals surface area contributed by atoms with Gasteiger partial charge in [0.1, 0.15) is 11.5 Å². The Labute approximate surface area is 201 Å². The van der Waals surface area contributed by atoms with Crippen molar-refractivity contribution in [3.63, 3.8) is 0 Å². The highest BCUT2D eigenvalue weighted by Crippen LogP contribution is 2.30. The summed E-state index contributed by atoms with van der Waals surface area (Å²) >= 11 is -1.05. The molecule has 5 rings (SSSR count). The maximum Gasteiger partial charge on any atom is 0.214 e. The third-order valence-electron chi connectivity index (χ3n) is 5.69. The molecule has 1 N–H and O–H groups in total. The minimum Gasteiger partial charge on any atom is -0.598 e. The Morgan fingerprint density at radius 1 is 1.06 bits per heavy atom. The molecule has 4 aromatic rings. The van der Waals surface area contributed by atoms with Crippen molar-refractivity contribution in [1.82, 2.24) is 29.5 Å². The average Bonchev–Trinajstić information content (AvgIpc) is 3.28. The predicted molar refractivity (Wildman–Crippen MR) is 133 cm³/mol. The van der Waals surface area contributed by atoms with Crippen LogP contribution in [-0.2, 0) is 17.1 Å². The van der Waals surface area contributed by atoms with E-state index in [1.165, 1.54) is 0 Å². The number of anilines is 1. The minimum atomic E-state index is -1.05. The fourth-order valence-corrected chi connectivity index (χ4v) is 5.23. The number of piperazine rings is 1. The summed E-state index contributed by atoms with van der Waals surface area (Å²) in [6.07, 6.45) is 7.08. The summed E-state index contributed by atoms with van der Waals surface area (Å²) in [5.41, 5.74) is 3.71. The van der Waals surface area contributed by atoms with E-state index < -0.39 is 11.4 Å². The first-order valence-corrected chi connectivity index (χ1v) is 12.6. The van der Waals surface area contributed by atoms with Crippen LogP contribution in [0, 0.1) is 0 Å². The summed E-state index contributed by atoms with van der Waals surface area (Å²) in [7, 11) is 0. The molecule has 1 atom stereocenters. The molecule has 0 radical (unpaired) electrons. The quantitative estimate of drug-likeness (QED) is 0.405. The topological polar surface area (TPSA) is 106 Å². The summed E-state index contributed by atoms with van der Waals surface area (Å²) in [6, 6.07) is 9.77.